The van der Waals surface area contributed by atoms with Crippen molar-refractivity contribution in [3.63, 3.8) is 0 Å². The fraction of sp³-hybridized carbons (Fsp3) is 0.416. The summed E-state index contributed by atoms with van der Waals surface area (Å²) < 4.78 is 11.6. The number of rotatable bonds is 20. The molecule has 2 aliphatic heterocycles. The van der Waals surface area contributed by atoms with Gasteiger partial charge < -0.3 is 76.0 Å². The van der Waals surface area contributed by atoms with Crippen LogP contribution in [0.15, 0.2) is 158 Å². The molecule has 0 radical (unpaired) electrons. The zero-order valence-corrected chi connectivity index (χ0v) is 72.6. The van der Waals surface area contributed by atoms with Crippen LogP contribution >= 0.6 is 23.2 Å². The molecule has 3 fully saturated rings. The van der Waals surface area contributed by atoms with Crippen molar-refractivity contribution < 1.29 is 102 Å². The van der Waals surface area contributed by atoms with E-state index in [2.05, 4.69) is 33.2 Å². The molecule has 2 heterocycles. The van der Waals surface area contributed by atoms with Crippen molar-refractivity contribution in [3.05, 3.63) is 231 Å². The summed E-state index contributed by atoms with van der Waals surface area (Å²) in [6.07, 6.45) is 21.3. The van der Waals surface area contributed by atoms with E-state index in [1.807, 2.05) is 73.7 Å². The third-order valence-corrected chi connectivity index (χ3v) is 18.3. The van der Waals surface area contributed by atoms with E-state index in [4.69, 9.17) is 58.7 Å². The molecule has 622 valence electrons. The monoisotopic (exact) mass is 1780 g/mol. The maximum atomic E-state index is 14.3. The fourth-order valence-corrected chi connectivity index (χ4v) is 12.2. The smallest absolute Gasteiger partial charge is 0.481 e. The maximum absolute atomic E-state index is 14.3. The van der Waals surface area contributed by atoms with Crippen LogP contribution in [0.25, 0.3) is 0 Å². The van der Waals surface area contributed by atoms with E-state index in [0.717, 1.165) is 54.4 Å². The zero-order valence-electron chi connectivity index (χ0n) is 67.7. The maximum Gasteiger partial charge on any atom is 2.00 e. The van der Waals surface area contributed by atoms with Gasteiger partial charge in [-0.15, -0.1) is 0 Å². The van der Waals surface area contributed by atoms with Crippen LogP contribution in [0.2, 0.25) is 10.0 Å². The Morgan fingerprint density at radius 2 is 1.04 bits per heavy atom. The zero-order chi connectivity index (χ0) is 79.6. The van der Waals surface area contributed by atoms with E-state index < -0.39 is 83.9 Å². The number of fused-ring (bicyclic) bond motifs is 10. The van der Waals surface area contributed by atoms with E-state index in [0.29, 0.717) is 58.4 Å². The van der Waals surface area contributed by atoms with Crippen molar-refractivity contribution in [2.45, 2.75) is 207 Å². The van der Waals surface area contributed by atoms with Gasteiger partial charge in [0.15, 0.2) is 6.04 Å². The van der Waals surface area contributed by atoms with Gasteiger partial charge in [-0.1, -0.05) is 250 Å². The van der Waals surface area contributed by atoms with Crippen LogP contribution in [0.1, 0.15) is 190 Å². The second kappa shape index (κ2) is 65.1. The summed E-state index contributed by atoms with van der Waals surface area (Å²) in [6, 6.07) is 45.4. The summed E-state index contributed by atoms with van der Waals surface area (Å²) in [7, 11) is 0. The standard InChI is InChI=1S/C50H57N5O9.2C10H11ClO2.2C5H10.2C2H3N.CHN.4CH3.2Ru/c1-3-14-40(45(57)49(61)51-30-42(56)54-44(37-20-11-6-12-21-37)50(62)63-31-34-15-7-4-8-16-34)52-47(59)41-29-35-17-13-22-39(28-35)64-38-25-23-33(24-26-38)27-32(2)46(58)55-43(48(60)53-41)36-18-9-5-10-19-36;2*1-7(10(12)13)6-8-2-4-9(11)5-3-8;2*1-2-4-5-3-1;2*1-2-3;1-2;;;;;;/h4,6-8,11-13,15-17,20-26,28,32,36,40-41,43-44H,3,5,9-10,14,18-19,27,29-31H2,1-2H3,(H,51,61)(H,52,59)(H,53,60)(H,54,56)(H,55,58);2*2-5,7H,6H2,1H3,(H,12,13);2*1-5H2;2*1H3;1H;4*1H3;;/q;;;;;;;;4*-1;2*+2. The number of nitrogens with one attached hydrogen (secondary N) is 5. The van der Waals surface area contributed by atoms with Gasteiger partial charge in [-0.2, -0.15) is 10.5 Å². The number of carbonyl (C=O) groups is 9. The van der Waals surface area contributed by atoms with E-state index in [9.17, 15) is 43.2 Å². The van der Waals surface area contributed by atoms with Gasteiger partial charge in [-0.3, -0.25) is 38.4 Å². The summed E-state index contributed by atoms with van der Waals surface area (Å²) in [5, 5.41) is 53.4. The SMILES string of the molecule is C#N.C1CCCC1.C1CCCC1.CC#N.CC#N.CC(Cc1ccc(Cl)cc1)C(=O)O.CC(Cc1ccc(Cl)cc1)C(=O)O.CCCC(NC(=O)C1Cc2cccc(c2)Oc2ccc(cc2)CC(C)C(=O)NC(C2CCCCC2)C(=O)N1)C(=O)C(=O)NCC(=O)NC(C(=O)OCc1ccccc1)c1ccccc1.[CH3-].[CH3-].[CH3-].[CH3-].[Ru+2].[Ru+2]. The normalized spacial score (nSPS) is 15.8. The quantitative estimate of drug-likeness (QED) is 0.0162. The Morgan fingerprint density at radius 1 is 0.579 bits per heavy atom. The predicted octanol–water partition coefficient (Wildman–Crippen LogP) is 17.4. The molecule has 6 aromatic carbocycles. The van der Waals surface area contributed by atoms with Crippen molar-refractivity contribution >= 4 is 76.4 Å². The summed E-state index contributed by atoms with van der Waals surface area (Å²) in [4.78, 5) is 117. The van der Waals surface area contributed by atoms with Crippen LogP contribution in [0.4, 0.5) is 0 Å². The Kier molecular flexibility index (Phi) is 63.5. The molecule has 11 rings (SSSR count). The molecule has 5 aliphatic rings. The van der Waals surface area contributed by atoms with Crippen molar-refractivity contribution in [1.29, 1.82) is 15.8 Å². The average Bonchev–Trinajstić information content (AvgIpc) is 1.37. The first kappa shape index (κ1) is 111. The third kappa shape index (κ3) is 45.1. The number of aliphatic carboxylic acids is 2. The molecule has 7 unspecified atom stereocenters. The number of halogens is 2. The Balaban J connectivity index is -0.000000976. The number of benzene rings is 6. The molecule has 7 atom stereocenters. The number of nitriles is 3. The van der Waals surface area contributed by atoms with Gasteiger partial charge in [0.2, 0.25) is 29.4 Å². The van der Waals surface area contributed by atoms with Crippen LogP contribution in [-0.2, 0) is 119 Å². The number of hydrogen-bond donors (Lipinski definition) is 7. The molecule has 0 aromatic heterocycles. The Hall–Kier alpha value is -9.15. The minimum absolute atomic E-state index is 0. The van der Waals surface area contributed by atoms with Gasteiger partial charge in [0.1, 0.15) is 30.2 Å². The van der Waals surface area contributed by atoms with E-state index >= 15 is 0 Å². The molecule has 4 bridgehead atoms. The molecular weight excluding hydrogens is 1660 g/mol. The molecule has 7 N–H and O–H groups in total. The molecule has 0 saturated heterocycles. The van der Waals surface area contributed by atoms with Crippen LogP contribution in [0.3, 0.4) is 0 Å². The number of carbonyl (C=O) groups excluding carboxylic acids is 7. The van der Waals surface area contributed by atoms with E-state index in [1.165, 1.54) is 78.1 Å². The van der Waals surface area contributed by atoms with Crippen LogP contribution < -0.4 is 31.3 Å². The van der Waals surface area contributed by atoms with E-state index in [1.54, 1.807) is 124 Å². The van der Waals surface area contributed by atoms with Crippen LogP contribution in [0, 0.1) is 87.9 Å². The number of Topliss-reactive ketones (excluding diaryl/α,β-unsaturated/α-hetero) is 1. The molecule has 25 heteroatoms. The summed E-state index contributed by atoms with van der Waals surface area (Å²) in [6.45, 7) is 12.7. The van der Waals surface area contributed by atoms with Crippen molar-refractivity contribution in [1.82, 2.24) is 26.6 Å². The van der Waals surface area contributed by atoms with Gasteiger partial charge >= 0.3 is 56.9 Å². The van der Waals surface area contributed by atoms with Crippen molar-refractivity contribution in [2.75, 3.05) is 6.54 Å². The number of ether oxygens (including phenoxy) is 2. The Bertz CT molecular complexity index is 3710. The topological polar surface area (TPSA) is 344 Å². The molecule has 3 aliphatic carbocycles. The summed E-state index contributed by atoms with van der Waals surface area (Å²) in [5.74, 6) is -6.87. The molecular formula is C89H118Cl2N8O13Ru2. The van der Waals surface area contributed by atoms with Gasteiger partial charge in [-0.25, -0.2) is 10.1 Å². The second-order valence-electron chi connectivity index (χ2n) is 26.7. The minimum atomic E-state index is -1.31. The number of hydrogen-bond acceptors (Lipinski definition) is 14. The molecule has 114 heavy (non-hydrogen) atoms. The molecule has 5 amide bonds. The predicted molar refractivity (Wildman–Crippen MR) is 443 cm³/mol. The van der Waals surface area contributed by atoms with Crippen molar-refractivity contribution in [3.8, 4) is 30.2 Å². The van der Waals surface area contributed by atoms with Gasteiger partial charge in [0.25, 0.3) is 5.91 Å². The Labute approximate surface area is 714 Å². The molecule has 3 saturated carbocycles. The van der Waals surface area contributed by atoms with E-state index in [-0.39, 0.29) is 112 Å². The Morgan fingerprint density at radius 3 is 1.49 bits per heavy atom. The second-order valence-corrected chi connectivity index (χ2v) is 27.5. The first-order valence-electron chi connectivity index (χ1n) is 36.9. The first-order chi connectivity index (χ1) is 52.0. The number of nitrogens with zero attached hydrogens (tertiary/aromatic N) is 3. The van der Waals surface area contributed by atoms with Gasteiger partial charge in [0, 0.05) is 42.8 Å². The van der Waals surface area contributed by atoms with Gasteiger partial charge in [-0.05, 0) is 126 Å². The minimum Gasteiger partial charge on any atom is -0.481 e. The number of carboxylic acids is 2. The van der Waals surface area contributed by atoms with Gasteiger partial charge in [0.05, 0.1) is 36.6 Å². The number of amides is 5. The van der Waals surface area contributed by atoms with Crippen LogP contribution in [-0.4, -0.2) is 88.1 Å². The summed E-state index contributed by atoms with van der Waals surface area (Å²) >= 11 is 11.4. The number of esters is 1. The fourth-order valence-electron chi connectivity index (χ4n) is 12.0. The van der Waals surface area contributed by atoms with Crippen molar-refractivity contribution in [2.24, 2.45) is 23.7 Å². The number of carboxylic acid groups (broad SMARTS) is 2. The number of ketones is 1. The first-order valence-corrected chi connectivity index (χ1v) is 37.7. The molecule has 6 aromatic rings. The average molecular weight is 1780 g/mol. The largest absolute Gasteiger partial charge is 2.00 e. The molecule has 21 nitrogen and oxygen atoms in total. The third-order valence-electron chi connectivity index (χ3n) is 17.8. The summed E-state index contributed by atoms with van der Waals surface area (Å²) in [5.41, 5.74) is 4.79. The molecule has 0 spiro atoms. The van der Waals surface area contributed by atoms with Crippen LogP contribution in [0.5, 0.6) is 11.5 Å².